The zero-order valence-corrected chi connectivity index (χ0v) is 11.3. The van der Waals surface area contributed by atoms with E-state index >= 15 is 0 Å². The number of fused-ring (bicyclic) bond motifs is 1. The van der Waals surface area contributed by atoms with Crippen LogP contribution in [0.4, 0.5) is 4.79 Å². The average molecular weight is 259 g/mol. The molecule has 3 unspecified atom stereocenters. The standard InChI is InChI=1S/C15H18N2O2/c1-3-4-9-17-13(11-7-5-10(2)6-8-11)12(14(17)18)16-15(17)19/h5-8,12-13H,3-4,9H2,1-2H3/p+1. The molecule has 3 heterocycles. The number of quaternary nitrogens is 1. The second-order valence-electron chi connectivity index (χ2n) is 5.57. The predicted molar refractivity (Wildman–Crippen MR) is 71.3 cm³/mol. The van der Waals surface area contributed by atoms with Crippen molar-refractivity contribution in [1.29, 1.82) is 0 Å². The van der Waals surface area contributed by atoms with Crippen LogP contribution in [0.1, 0.15) is 36.9 Å². The lowest BCUT2D eigenvalue weighted by Gasteiger charge is -2.42. The lowest BCUT2D eigenvalue weighted by molar-refractivity contribution is -0.824. The van der Waals surface area contributed by atoms with Crippen molar-refractivity contribution in [3.63, 3.8) is 0 Å². The fourth-order valence-electron chi connectivity index (χ4n) is 3.28. The highest BCUT2D eigenvalue weighted by atomic mass is 16.2. The monoisotopic (exact) mass is 259 g/mol. The number of aryl methyl sites for hydroxylation is 1. The van der Waals surface area contributed by atoms with E-state index in [9.17, 15) is 9.59 Å². The summed E-state index contributed by atoms with van der Waals surface area (Å²) in [5, 5.41) is 2.84. The van der Waals surface area contributed by atoms with E-state index in [0.717, 1.165) is 18.4 Å². The first-order valence-corrected chi connectivity index (χ1v) is 6.91. The Morgan fingerprint density at radius 1 is 1.21 bits per heavy atom. The fourth-order valence-corrected chi connectivity index (χ4v) is 3.28. The molecular formula is C15H19N2O2+. The molecule has 0 spiro atoms. The molecule has 0 radical (unpaired) electrons. The molecule has 1 aromatic rings. The molecule has 19 heavy (non-hydrogen) atoms. The summed E-state index contributed by atoms with van der Waals surface area (Å²) in [7, 11) is 0. The van der Waals surface area contributed by atoms with E-state index in [-0.39, 0.29) is 28.5 Å². The maximum Gasteiger partial charge on any atom is 0.425 e. The molecule has 3 atom stereocenters. The molecule has 0 aliphatic carbocycles. The highest BCUT2D eigenvalue weighted by Gasteiger charge is 2.75. The highest BCUT2D eigenvalue weighted by Crippen LogP contribution is 2.48. The third-order valence-electron chi connectivity index (χ3n) is 4.37. The summed E-state index contributed by atoms with van der Waals surface area (Å²) in [5.74, 6) is 0.0454. The quantitative estimate of drug-likeness (QED) is 0.512. The number of amides is 3. The lowest BCUT2D eigenvalue weighted by Crippen LogP contribution is -2.67. The minimum absolute atomic E-state index is 0.0123. The molecule has 1 aromatic carbocycles. The third kappa shape index (κ3) is 1.49. The maximum atomic E-state index is 12.2. The number of benzene rings is 1. The van der Waals surface area contributed by atoms with Gasteiger partial charge in [-0.15, -0.1) is 0 Å². The number of unbranched alkanes of at least 4 members (excludes halogenated alkanes) is 1. The molecule has 1 N–H and O–H groups in total. The summed E-state index contributed by atoms with van der Waals surface area (Å²) in [6, 6.07) is 7.71. The summed E-state index contributed by atoms with van der Waals surface area (Å²) >= 11 is 0. The Kier molecular flexibility index (Phi) is 2.71. The van der Waals surface area contributed by atoms with E-state index in [1.165, 1.54) is 5.56 Å². The number of nitrogens with zero attached hydrogens (tertiary/aromatic N) is 1. The molecule has 3 fully saturated rings. The summed E-state index contributed by atoms with van der Waals surface area (Å²) in [4.78, 5) is 24.3. The molecule has 4 nitrogen and oxygen atoms in total. The average Bonchev–Trinajstić information content (AvgIpc) is 2.84. The Bertz CT molecular complexity index is 528. The number of imide groups is 1. The summed E-state index contributed by atoms with van der Waals surface area (Å²) in [6.07, 6.45) is 1.89. The van der Waals surface area contributed by atoms with Gasteiger partial charge in [0.15, 0.2) is 6.04 Å². The van der Waals surface area contributed by atoms with Crippen molar-refractivity contribution in [2.75, 3.05) is 6.54 Å². The predicted octanol–water partition coefficient (Wildman–Crippen LogP) is 2.29. The van der Waals surface area contributed by atoms with Crippen LogP contribution in [0.2, 0.25) is 0 Å². The molecule has 3 aliphatic heterocycles. The Morgan fingerprint density at radius 3 is 2.47 bits per heavy atom. The van der Waals surface area contributed by atoms with Gasteiger partial charge in [0.1, 0.15) is 0 Å². The van der Waals surface area contributed by atoms with E-state index in [0.29, 0.717) is 6.54 Å². The number of rotatable bonds is 4. The van der Waals surface area contributed by atoms with Crippen molar-refractivity contribution in [2.24, 2.45) is 0 Å². The molecule has 4 rings (SSSR count). The van der Waals surface area contributed by atoms with Gasteiger partial charge in [0, 0.05) is 5.56 Å². The van der Waals surface area contributed by atoms with E-state index in [1.807, 2.05) is 31.2 Å². The van der Waals surface area contributed by atoms with E-state index < -0.39 is 0 Å². The van der Waals surface area contributed by atoms with Crippen LogP contribution < -0.4 is 5.32 Å². The van der Waals surface area contributed by atoms with Gasteiger partial charge < -0.3 is 0 Å². The van der Waals surface area contributed by atoms with Crippen LogP contribution in [0, 0.1) is 6.92 Å². The van der Waals surface area contributed by atoms with E-state index in [4.69, 9.17) is 0 Å². The number of β-lactam (4-membered cyclic amide) rings is 1. The number of hydrogen-bond acceptors (Lipinski definition) is 2. The number of hydrogen-bond donors (Lipinski definition) is 1. The minimum Gasteiger partial charge on any atom is -0.283 e. The second-order valence-corrected chi connectivity index (χ2v) is 5.57. The largest absolute Gasteiger partial charge is 0.425 e. The van der Waals surface area contributed by atoms with Crippen molar-refractivity contribution < 1.29 is 14.1 Å². The highest BCUT2D eigenvalue weighted by molar-refractivity contribution is 6.00. The molecule has 3 saturated heterocycles. The van der Waals surface area contributed by atoms with Crippen LogP contribution in [-0.4, -0.2) is 29.0 Å². The third-order valence-corrected chi connectivity index (χ3v) is 4.37. The number of nitrogens with one attached hydrogen (secondary N) is 1. The minimum atomic E-state index is -0.313. The van der Waals surface area contributed by atoms with Crippen LogP contribution in [0.15, 0.2) is 24.3 Å². The number of urea groups is 1. The van der Waals surface area contributed by atoms with Crippen molar-refractivity contribution in [3.8, 4) is 0 Å². The number of carbonyl (C=O) groups excluding carboxylic acids is 2. The molecule has 3 amide bonds. The molecule has 2 bridgehead atoms. The first kappa shape index (κ1) is 12.4. The SMILES string of the molecule is CCCC[N+]12C(=O)NC(C1=O)C2c1ccc(C)cc1. The Balaban J connectivity index is 1.96. The zero-order valence-electron chi connectivity index (χ0n) is 11.3. The molecule has 0 aromatic heterocycles. The van der Waals surface area contributed by atoms with Crippen molar-refractivity contribution in [2.45, 2.75) is 38.8 Å². The van der Waals surface area contributed by atoms with Gasteiger partial charge in [-0.25, -0.2) is 9.59 Å². The van der Waals surface area contributed by atoms with Gasteiger partial charge in [0.25, 0.3) is 0 Å². The van der Waals surface area contributed by atoms with E-state index in [2.05, 4.69) is 12.2 Å². The topological polar surface area (TPSA) is 46.2 Å². The van der Waals surface area contributed by atoms with Gasteiger partial charge in [0.2, 0.25) is 6.04 Å². The smallest absolute Gasteiger partial charge is 0.283 e. The lowest BCUT2D eigenvalue weighted by atomic mass is 9.87. The van der Waals surface area contributed by atoms with Crippen molar-refractivity contribution >= 4 is 11.9 Å². The van der Waals surface area contributed by atoms with Crippen LogP contribution in [0.3, 0.4) is 0 Å². The van der Waals surface area contributed by atoms with Crippen molar-refractivity contribution in [3.05, 3.63) is 35.4 Å². The number of carbonyl (C=O) groups is 2. The van der Waals surface area contributed by atoms with Gasteiger partial charge in [-0.3, -0.25) is 5.32 Å². The molecule has 3 aliphatic rings. The molecule has 0 saturated carbocycles. The summed E-state index contributed by atoms with van der Waals surface area (Å²) < 4.78 is -0.0123. The molecule has 4 heteroatoms. The Morgan fingerprint density at radius 2 is 1.89 bits per heavy atom. The van der Waals surface area contributed by atoms with Crippen LogP contribution in [0.25, 0.3) is 0 Å². The molecule has 100 valence electrons. The van der Waals surface area contributed by atoms with Crippen molar-refractivity contribution in [1.82, 2.24) is 5.32 Å². The summed E-state index contributed by atoms with van der Waals surface area (Å²) in [5.41, 5.74) is 2.28. The first-order chi connectivity index (χ1) is 9.11. The normalized spacial score (nSPS) is 32.1. The summed E-state index contributed by atoms with van der Waals surface area (Å²) in [6.45, 7) is 4.74. The van der Waals surface area contributed by atoms with Gasteiger partial charge in [-0.1, -0.05) is 43.2 Å². The van der Waals surface area contributed by atoms with E-state index in [1.54, 1.807) is 0 Å². The van der Waals surface area contributed by atoms with Gasteiger partial charge in [0.05, 0.1) is 6.54 Å². The van der Waals surface area contributed by atoms with Crippen LogP contribution >= 0.6 is 0 Å². The van der Waals surface area contributed by atoms with Gasteiger partial charge >= 0.3 is 11.9 Å². The fraction of sp³-hybridized carbons (Fsp3) is 0.467. The Labute approximate surface area is 113 Å². The van der Waals surface area contributed by atoms with Crippen LogP contribution in [-0.2, 0) is 4.79 Å². The maximum absolute atomic E-state index is 12.2. The van der Waals surface area contributed by atoms with Crippen LogP contribution in [0.5, 0.6) is 0 Å². The van der Waals surface area contributed by atoms with Gasteiger partial charge in [-0.2, -0.15) is 4.48 Å². The second kappa shape index (κ2) is 4.17. The molecular weight excluding hydrogens is 240 g/mol. The Hall–Kier alpha value is -1.68. The zero-order chi connectivity index (χ0) is 13.6. The first-order valence-electron chi connectivity index (χ1n) is 6.91. The van der Waals surface area contributed by atoms with Gasteiger partial charge in [-0.05, 0) is 13.3 Å².